The molecule has 2 fully saturated rings. The van der Waals surface area contributed by atoms with Crippen molar-refractivity contribution in [2.24, 2.45) is 22.9 Å². The molecule has 0 spiro atoms. The lowest BCUT2D eigenvalue weighted by atomic mass is 9.55. The number of unbranched alkanes of at least 4 members (excludes halogenated alkanes) is 2. The summed E-state index contributed by atoms with van der Waals surface area (Å²) >= 11 is 1.67. The zero-order chi connectivity index (χ0) is 43.5. The molecule has 2 N–H and O–H groups in total. The minimum Gasteiger partial charge on any atom is -0.459 e. The SMILES string of the molecule is C=CCO[C@@]12Oc3ccc(Oc4ccc(SC)cc4)cc3[C@H]3[C@H](CCCCO)[C@@H](CCCCO)C=C(C(=NOC4CCCCO4)C[C@@H]1N(CCC)C(=O)c1ccc(C#N)cc1)[C@H]32. The van der Waals surface area contributed by atoms with Crippen molar-refractivity contribution in [3.8, 4) is 23.3 Å². The lowest BCUT2D eigenvalue weighted by Crippen LogP contribution is -2.70. The van der Waals surface area contributed by atoms with Crippen molar-refractivity contribution in [2.75, 3.05) is 39.2 Å². The monoisotopic (exact) mass is 863 g/mol. The fourth-order valence-electron chi connectivity index (χ4n) is 9.90. The summed E-state index contributed by atoms with van der Waals surface area (Å²) in [6.45, 7) is 7.49. The van der Waals surface area contributed by atoms with Gasteiger partial charge in [0.15, 0.2) is 0 Å². The van der Waals surface area contributed by atoms with Crippen LogP contribution in [0.4, 0.5) is 0 Å². The number of fused-ring (bicyclic) bond motifs is 2. The van der Waals surface area contributed by atoms with Gasteiger partial charge in [0.25, 0.3) is 5.91 Å². The normalized spacial score (nSPS) is 25.7. The van der Waals surface area contributed by atoms with Crippen LogP contribution in [0.15, 0.2) is 101 Å². The molecular formula is C50H61N3O8S. The second-order valence-electron chi connectivity index (χ2n) is 16.6. The lowest BCUT2D eigenvalue weighted by Gasteiger charge is -2.60. The van der Waals surface area contributed by atoms with Gasteiger partial charge >= 0.3 is 0 Å². The van der Waals surface area contributed by atoms with Crippen molar-refractivity contribution in [1.82, 2.24) is 4.90 Å². The van der Waals surface area contributed by atoms with E-state index in [9.17, 15) is 20.3 Å². The Labute approximate surface area is 370 Å². The fourth-order valence-corrected chi connectivity index (χ4v) is 10.3. The van der Waals surface area contributed by atoms with Gasteiger partial charge in [0, 0.05) is 54.5 Å². The number of rotatable bonds is 20. The number of nitrogens with zero attached hydrogens (tertiary/aromatic N) is 3. The van der Waals surface area contributed by atoms with Crippen molar-refractivity contribution in [1.29, 1.82) is 5.26 Å². The number of nitriles is 1. The van der Waals surface area contributed by atoms with E-state index in [4.69, 9.17) is 28.9 Å². The van der Waals surface area contributed by atoms with Gasteiger partial charge in [0.2, 0.25) is 12.1 Å². The summed E-state index contributed by atoms with van der Waals surface area (Å²) in [5.74, 6) is -0.0478. The minimum atomic E-state index is -1.39. The van der Waals surface area contributed by atoms with E-state index in [0.717, 1.165) is 72.4 Å². The van der Waals surface area contributed by atoms with Crippen LogP contribution in [-0.4, -0.2) is 84.1 Å². The minimum absolute atomic E-state index is 0.0657. The third-order valence-corrected chi connectivity index (χ3v) is 13.5. The maximum absolute atomic E-state index is 15.0. The van der Waals surface area contributed by atoms with Crippen LogP contribution in [0.25, 0.3) is 0 Å². The Morgan fingerprint density at radius 1 is 1.03 bits per heavy atom. The van der Waals surface area contributed by atoms with Gasteiger partial charge in [-0.15, -0.1) is 18.3 Å². The highest BCUT2D eigenvalue weighted by Crippen LogP contribution is 2.62. The molecule has 4 aliphatic rings. The van der Waals surface area contributed by atoms with Crippen LogP contribution in [-0.2, 0) is 14.3 Å². The van der Waals surface area contributed by atoms with Gasteiger partial charge in [0.1, 0.15) is 23.3 Å². The number of hydrogen-bond acceptors (Lipinski definition) is 11. The van der Waals surface area contributed by atoms with Crippen molar-refractivity contribution < 1.29 is 38.8 Å². The van der Waals surface area contributed by atoms with E-state index in [-0.39, 0.29) is 49.9 Å². The zero-order valence-corrected chi connectivity index (χ0v) is 36.9. The maximum atomic E-state index is 15.0. The molecule has 12 heteroatoms. The molecule has 62 heavy (non-hydrogen) atoms. The Morgan fingerprint density at radius 3 is 2.47 bits per heavy atom. The van der Waals surface area contributed by atoms with E-state index >= 15 is 0 Å². The van der Waals surface area contributed by atoms with Crippen molar-refractivity contribution in [2.45, 2.75) is 106 Å². The Kier molecular flexibility index (Phi) is 15.8. The first-order valence-corrected chi connectivity index (χ1v) is 23.6. The highest BCUT2D eigenvalue weighted by molar-refractivity contribution is 7.98. The third-order valence-electron chi connectivity index (χ3n) is 12.7. The molecule has 2 heterocycles. The number of hydrogen-bond donors (Lipinski definition) is 2. The molecule has 1 saturated carbocycles. The lowest BCUT2D eigenvalue weighted by molar-refractivity contribution is -0.254. The van der Waals surface area contributed by atoms with Gasteiger partial charge in [-0.3, -0.25) is 4.79 Å². The average Bonchev–Trinajstić information content (AvgIpc) is 3.31. The number of oxime groups is 1. The van der Waals surface area contributed by atoms with E-state index in [1.54, 1.807) is 42.1 Å². The fraction of sp³-hybridized carbons (Fsp3) is 0.500. The van der Waals surface area contributed by atoms with E-state index in [1.807, 2.05) is 54.5 Å². The standard InChI is InChI=1S/C50H61N3O8S/c1-4-25-53(49(56)35-17-15-34(33-51)16-18-35)45-32-43(52-61-46-14-8-11-29-57-46)41-30-36(12-6-9-26-54)40(13-7-10-27-55)47-42-31-38(59-37-19-22-39(62-3)23-20-37)21-24-44(42)60-50(45,48(41)47)58-28-5-2/h5,15-24,30-31,36,40,45-48,54-55H,2,4,6-14,25-29,32H2,1,3H3/t36-,40+,45-,46?,47+,48+,50+/m0/s1. The predicted octanol–water partition coefficient (Wildman–Crippen LogP) is 9.79. The third kappa shape index (κ3) is 9.93. The van der Waals surface area contributed by atoms with E-state index in [0.29, 0.717) is 55.0 Å². The van der Waals surface area contributed by atoms with Crippen LogP contribution in [0.3, 0.4) is 0 Å². The Hall–Kier alpha value is -4.64. The quantitative estimate of drug-likeness (QED) is 0.0488. The molecule has 7 atom stereocenters. The molecule has 7 rings (SSSR count). The van der Waals surface area contributed by atoms with Gasteiger partial charge in [0.05, 0.1) is 36.5 Å². The predicted molar refractivity (Wildman–Crippen MR) is 240 cm³/mol. The molecule has 0 bridgehead atoms. The van der Waals surface area contributed by atoms with Gasteiger partial charge in [-0.1, -0.05) is 37.1 Å². The second-order valence-corrected chi connectivity index (χ2v) is 17.5. The number of benzene rings is 3. The van der Waals surface area contributed by atoms with Crippen LogP contribution < -0.4 is 9.47 Å². The molecule has 1 saturated heterocycles. The van der Waals surface area contributed by atoms with Gasteiger partial charge < -0.3 is 38.9 Å². The van der Waals surface area contributed by atoms with Crippen molar-refractivity contribution >= 4 is 23.4 Å². The van der Waals surface area contributed by atoms with E-state index < -0.39 is 24.0 Å². The molecule has 0 radical (unpaired) electrons. The number of ether oxygens (including phenoxy) is 4. The molecule has 1 amide bonds. The number of carbonyl (C=O) groups is 1. The molecule has 330 valence electrons. The maximum Gasteiger partial charge on any atom is 0.254 e. The molecule has 3 aromatic rings. The largest absolute Gasteiger partial charge is 0.459 e. The number of carbonyl (C=O) groups excluding carboxylic acids is 1. The van der Waals surface area contributed by atoms with E-state index in [2.05, 4.69) is 24.8 Å². The Morgan fingerprint density at radius 2 is 1.79 bits per heavy atom. The molecular weight excluding hydrogens is 803 g/mol. The highest BCUT2D eigenvalue weighted by atomic mass is 32.2. The summed E-state index contributed by atoms with van der Waals surface area (Å²) in [5.41, 5.74) is 3.59. The van der Waals surface area contributed by atoms with E-state index in [1.165, 1.54) is 0 Å². The second kappa shape index (κ2) is 21.6. The molecule has 2 aliphatic heterocycles. The van der Waals surface area contributed by atoms with Crippen molar-refractivity contribution in [3.63, 3.8) is 0 Å². The van der Waals surface area contributed by atoms with Crippen LogP contribution in [0, 0.1) is 29.1 Å². The number of thioether (sulfide) groups is 1. The number of aliphatic hydroxyl groups excluding tert-OH is 2. The molecule has 11 nitrogen and oxygen atoms in total. The summed E-state index contributed by atoms with van der Waals surface area (Å²) in [6.07, 6.45) is 13.9. The van der Waals surface area contributed by atoms with Crippen LogP contribution >= 0.6 is 11.8 Å². The zero-order valence-electron chi connectivity index (χ0n) is 36.1. The Bertz CT molecular complexity index is 2080. The number of amides is 1. The van der Waals surface area contributed by atoms with Crippen molar-refractivity contribution in [3.05, 3.63) is 108 Å². The van der Waals surface area contributed by atoms with Crippen LogP contribution in [0.1, 0.15) is 105 Å². The Balaban J connectivity index is 1.44. The topological polar surface area (TPSA) is 143 Å². The summed E-state index contributed by atoms with van der Waals surface area (Å²) in [4.78, 5) is 24.3. The number of allylic oxidation sites excluding steroid dienone is 1. The summed E-state index contributed by atoms with van der Waals surface area (Å²) in [5, 5.41) is 34.5. The first-order valence-electron chi connectivity index (χ1n) is 22.4. The molecule has 1 unspecified atom stereocenters. The van der Waals surface area contributed by atoms with Gasteiger partial charge in [-0.25, -0.2) is 0 Å². The molecule has 3 aromatic carbocycles. The first-order chi connectivity index (χ1) is 30.4. The molecule has 2 aliphatic carbocycles. The smallest absolute Gasteiger partial charge is 0.254 e. The highest BCUT2D eigenvalue weighted by Gasteiger charge is 2.65. The first kappa shape index (κ1) is 45.4. The van der Waals surface area contributed by atoms with Gasteiger partial charge in [-0.05, 0) is 135 Å². The molecule has 0 aromatic heterocycles. The summed E-state index contributed by atoms with van der Waals surface area (Å²) in [7, 11) is 0. The van der Waals surface area contributed by atoms with Crippen LogP contribution in [0.5, 0.6) is 17.2 Å². The van der Waals surface area contributed by atoms with Gasteiger partial charge in [-0.2, -0.15) is 5.26 Å². The number of aliphatic hydroxyl groups is 2. The average molecular weight is 864 g/mol. The summed E-state index contributed by atoms with van der Waals surface area (Å²) in [6, 6.07) is 22.3. The summed E-state index contributed by atoms with van der Waals surface area (Å²) < 4.78 is 27.1. The van der Waals surface area contributed by atoms with Crippen LogP contribution in [0.2, 0.25) is 0 Å².